The number of fused-ring (bicyclic) bond motifs is 1. The Hall–Kier alpha value is -2.72. The number of hydrogen-bond acceptors (Lipinski definition) is 6. The largest absolute Gasteiger partial charge is 0.416 e. The number of rotatable bonds is 4. The summed E-state index contributed by atoms with van der Waals surface area (Å²) in [7, 11) is 0. The summed E-state index contributed by atoms with van der Waals surface area (Å²) in [5.41, 5.74) is 0.566. The molecule has 10 heteroatoms. The number of anilines is 1. The summed E-state index contributed by atoms with van der Waals surface area (Å²) < 4.78 is 39.2. The molecule has 2 N–H and O–H groups in total. The number of halogens is 3. The first-order valence-electron chi connectivity index (χ1n) is 12.6. The molecule has 1 aromatic carbocycles. The van der Waals surface area contributed by atoms with Crippen molar-refractivity contribution in [3.63, 3.8) is 0 Å². The number of carbonyl (C=O) groups is 1. The zero-order chi connectivity index (χ0) is 25.7. The van der Waals surface area contributed by atoms with Crippen LogP contribution in [-0.4, -0.2) is 64.6 Å². The molecular weight excluding hydrogens is 471 g/mol. The van der Waals surface area contributed by atoms with Gasteiger partial charge in [-0.2, -0.15) is 13.2 Å². The number of carbonyl (C=O) groups excluding carboxylic acids is 1. The van der Waals surface area contributed by atoms with Gasteiger partial charge in [-0.25, -0.2) is 9.97 Å². The maximum Gasteiger partial charge on any atom is 0.416 e. The number of aromatic nitrogens is 2. The molecule has 5 rings (SSSR count). The van der Waals surface area contributed by atoms with Crippen LogP contribution in [0.3, 0.4) is 0 Å². The van der Waals surface area contributed by atoms with Crippen LogP contribution >= 0.6 is 0 Å². The van der Waals surface area contributed by atoms with Crippen molar-refractivity contribution in [1.29, 1.82) is 0 Å². The van der Waals surface area contributed by atoms with Crippen molar-refractivity contribution in [3.8, 4) is 0 Å². The molecule has 1 amide bonds. The van der Waals surface area contributed by atoms with Gasteiger partial charge in [0.1, 0.15) is 17.7 Å². The Labute approximate surface area is 208 Å². The Morgan fingerprint density at radius 1 is 1.17 bits per heavy atom. The lowest BCUT2D eigenvalue weighted by molar-refractivity contribution is -0.137. The molecule has 1 aromatic heterocycles. The molecule has 2 aliphatic heterocycles. The zero-order valence-corrected chi connectivity index (χ0v) is 20.6. The molecule has 4 atom stereocenters. The van der Waals surface area contributed by atoms with Gasteiger partial charge in [-0.05, 0) is 56.3 Å². The number of amides is 1. The van der Waals surface area contributed by atoms with Gasteiger partial charge in [0.15, 0.2) is 0 Å². The Kier molecular flexibility index (Phi) is 6.45. The number of nitrogens with one attached hydrogen (secondary N) is 1. The quantitative estimate of drug-likeness (QED) is 0.666. The highest BCUT2D eigenvalue weighted by Crippen LogP contribution is 2.46. The average molecular weight is 504 g/mol. The SMILES string of the molecule is C[C@@H]1C[C@@](C)(O)c2ncnc(N3CCN(C(=O)C(c4ccc(C(F)(F)F)cc4)C4CCCN4)CC3)c21. The van der Waals surface area contributed by atoms with Crippen LogP contribution in [0, 0.1) is 0 Å². The summed E-state index contributed by atoms with van der Waals surface area (Å²) in [6.07, 6.45) is -0.585. The Bertz CT molecular complexity index is 1110. The third kappa shape index (κ3) is 4.56. The lowest BCUT2D eigenvalue weighted by Crippen LogP contribution is -2.52. The van der Waals surface area contributed by atoms with E-state index in [1.54, 1.807) is 6.92 Å². The van der Waals surface area contributed by atoms with Crippen LogP contribution < -0.4 is 10.2 Å². The molecule has 36 heavy (non-hydrogen) atoms. The number of nitrogens with zero attached hydrogens (tertiary/aromatic N) is 4. The molecule has 2 unspecified atom stereocenters. The van der Waals surface area contributed by atoms with E-state index in [2.05, 4.69) is 27.1 Å². The molecular formula is C26H32F3N5O2. The standard InChI is InChI=1S/C26H32F3N5O2/c1-16-14-25(2,36)22-20(16)23(32-15-31-22)33-10-12-34(13-11-33)24(35)21(19-4-3-9-30-19)17-5-7-18(8-6-17)26(27,28)29/h5-8,15-16,19,21,30,36H,3-4,9-14H2,1-2H3/t16-,19?,21?,25-/m1/s1. The van der Waals surface area contributed by atoms with E-state index in [1.807, 2.05) is 4.90 Å². The minimum Gasteiger partial charge on any atom is -0.384 e. The summed E-state index contributed by atoms with van der Waals surface area (Å²) in [4.78, 5) is 26.6. The van der Waals surface area contributed by atoms with Crippen molar-refractivity contribution in [2.24, 2.45) is 0 Å². The van der Waals surface area contributed by atoms with Crippen molar-refractivity contribution >= 4 is 11.7 Å². The van der Waals surface area contributed by atoms with Crippen LogP contribution in [0.1, 0.15) is 67.3 Å². The minimum absolute atomic E-state index is 0.0574. The summed E-state index contributed by atoms with van der Waals surface area (Å²) >= 11 is 0. The number of benzene rings is 1. The molecule has 194 valence electrons. The molecule has 0 radical (unpaired) electrons. The van der Waals surface area contributed by atoms with E-state index in [4.69, 9.17) is 0 Å². The molecule has 0 saturated carbocycles. The monoisotopic (exact) mass is 503 g/mol. The van der Waals surface area contributed by atoms with Gasteiger partial charge in [0.05, 0.1) is 17.2 Å². The van der Waals surface area contributed by atoms with E-state index in [0.717, 1.165) is 42.9 Å². The molecule has 3 aliphatic rings. The van der Waals surface area contributed by atoms with E-state index in [0.29, 0.717) is 43.9 Å². The molecule has 2 fully saturated rings. The first kappa shape index (κ1) is 25.0. The van der Waals surface area contributed by atoms with Gasteiger partial charge in [0.2, 0.25) is 5.91 Å². The lowest BCUT2D eigenvalue weighted by Gasteiger charge is -2.39. The lowest BCUT2D eigenvalue weighted by atomic mass is 9.88. The predicted molar refractivity (Wildman–Crippen MR) is 129 cm³/mol. The number of alkyl halides is 3. The Morgan fingerprint density at radius 3 is 2.47 bits per heavy atom. The van der Waals surface area contributed by atoms with Crippen molar-refractivity contribution in [2.45, 2.75) is 62.8 Å². The van der Waals surface area contributed by atoms with Gasteiger partial charge in [-0.3, -0.25) is 4.79 Å². The van der Waals surface area contributed by atoms with Crippen molar-refractivity contribution in [2.75, 3.05) is 37.6 Å². The average Bonchev–Trinajstić information content (AvgIpc) is 3.45. The summed E-state index contributed by atoms with van der Waals surface area (Å²) in [5, 5.41) is 14.1. The Morgan fingerprint density at radius 2 is 1.86 bits per heavy atom. The van der Waals surface area contributed by atoms with Gasteiger partial charge in [-0.1, -0.05) is 19.1 Å². The third-order valence-electron chi connectivity index (χ3n) is 7.82. The van der Waals surface area contributed by atoms with Crippen LogP contribution in [0.4, 0.5) is 19.0 Å². The summed E-state index contributed by atoms with van der Waals surface area (Å²) in [6.45, 7) is 6.79. The van der Waals surface area contributed by atoms with Crippen molar-refractivity contribution in [1.82, 2.24) is 20.2 Å². The van der Waals surface area contributed by atoms with Crippen LogP contribution in [0.2, 0.25) is 0 Å². The third-order valence-corrected chi connectivity index (χ3v) is 7.82. The maximum absolute atomic E-state index is 13.7. The second kappa shape index (κ2) is 9.30. The van der Waals surface area contributed by atoms with Crippen LogP contribution in [-0.2, 0) is 16.6 Å². The molecule has 7 nitrogen and oxygen atoms in total. The minimum atomic E-state index is -4.41. The number of piperazine rings is 1. The maximum atomic E-state index is 13.7. The molecule has 3 heterocycles. The smallest absolute Gasteiger partial charge is 0.384 e. The summed E-state index contributed by atoms with van der Waals surface area (Å²) in [6, 6.07) is 4.92. The van der Waals surface area contributed by atoms with Crippen molar-refractivity contribution < 1.29 is 23.1 Å². The molecule has 0 spiro atoms. The van der Waals surface area contributed by atoms with E-state index in [9.17, 15) is 23.1 Å². The van der Waals surface area contributed by atoms with Gasteiger partial charge < -0.3 is 20.2 Å². The fraction of sp³-hybridized carbons (Fsp3) is 0.577. The number of hydrogen-bond donors (Lipinski definition) is 2. The molecule has 2 saturated heterocycles. The van der Waals surface area contributed by atoms with Gasteiger partial charge >= 0.3 is 6.18 Å². The van der Waals surface area contributed by atoms with Crippen LogP contribution in [0.25, 0.3) is 0 Å². The predicted octanol–water partition coefficient (Wildman–Crippen LogP) is 3.39. The molecule has 1 aliphatic carbocycles. The molecule has 2 aromatic rings. The van der Waals surface area contributed by atoms with E-state index < -0.39 is 23.3 Å². The van der Waals surface area contributed by atoms with Gasteiger partial charge in [0, 0.05) is 37.8 Å². The topological polar surface area (TPSA) is 81.6 Å². The second-order valence-electron chi connectivity index (χ2n) is 10.5. The van der Waals surface area contributed by atoms with E-state index in [1.165, 1.54) is 18.5 Å². The fourth-order valence-electron chi connectivity index (χ4n) is 6.07. The normalized spacial score (nSPS) is 27.3. The first-order valence-corrected chi connectivity index (χ1v) is 12.6. The summed E-state index contributed by atoms with van der Waals surface area (Å²) in [5.74, 6) is 0.357. The van der Waals surface area contributed by atoms with Crippen LogP contribution in [0.5, 0.6) is 0 Å². The Balaban J connectivity index is 1.33. The zero-order valence-electron chi connectivity index (χ0n) is 20.6. The van der Waals surface area contributed by atoms with Crippen LogP contribution in [0.15, 0.2) is 30.6 Å². The fourth-order valence-corrected chi connectivity index (χ4v) is 6.07. The van der Waals surface area contributed by atoms with Gasteiger partial charge in [-0.15, -0.1) is 0 Å². The molecule has 0 bridgehead atoms. The second-order valence-corrected chi connectivity index (χ2v) is 10.5. The number of aliphatic hydroxyl groups is 1. The van der Waals surface area contributed by atoms with Crippen molar-refractivity contribution in [3.05, 3.63) is 53.0 Å². The highest BCUT2D eigenvalue weighted by Gasteiger charge is 2.42. The van der Waals surface area contributed by atoms with E-state index >= 15 is 0 Å². The first-order chi connectivity index (χ1) is 17.1. The highest BCUT2D eigenvalue weighted by atomic mass is 19.4. The van der Waals surface area contributed by atoms with Gasteiger partial charge in [0.25, 0.3) is 0 Å². The highest BCUT2D eigenvalue weighted by molar-refractivity contribution is 5.85. The van der Waals surface area contributed by atoms with E-state index in [-0.39, 0.29) is 17.9 Å².